The molecule has 0 atom stereocenters. The molecular weight excluding hydrogens is 233 g/mol. The van der Waals surface area contributed by atoms with Gasteiger partial charge in [0, 0.05) is 23.2 Å². The average Bonchev–Trinajstić information content (AvgIpc) is 2.34. The number of hydrogen-bond donors (Lipinski definition) is 3. The molecule has 4 nitrogen and oxygen atoms in total. The van der Waals surface area contributed by atoms with E-state index in [4.69, 9.17) is 10.9 Å². The molecule has 1 fully saturated rings. The Kier molecular flexibility index (Phi) is 3.52. The van der Waals surface area contributed by atoms with Crippen molar-refractivity contribution in [3.63, 3.8) is 0 Å². The molecule has 0 bridgehead atoms. The molecule has 2 rings (SSSR count). The van der Waals surface area contributed by atoms with Gasteiger partial charge in [-0.1, -0.05) is 17.3 Å². The highest BCUT2D eigenvalue weighted by molar-refractivity contribution is 5.97. The lowest BCUT2D eigenvalue weighted by atomic mass is 9.78. The quantitative estimate of drug-likeness (QED) is 0.331. The average molecular weight is 251 g/mol. The summed E-state index contributed by atoms with van der Waals surface area (Å²) in [5.74, 6) is -0.422. The zero-order valence-electron chi connectivity index (χ0n) is 10.4. The fourth-order valence-electron chi connectivity index (χ4n) is 2.10. The predicted octanol–water partition coefficient (Wildman–Crippen LogP) is 1.95. The van der Waals surface area contributed by atoms with Gasteiger partial charge >= 0.3 is 0 Å². The van der Waals surface area contributed by atoms with E-state index < -0.39 is 0 Å². The van der Waals surface area contributed by atoms with E-state index >= 15 is 0 Å². The maximum absolute atomic E-state index is 13.8. The molecule has 0 saturated heterocycles. The first-order valence-electron chi connectivity index (χ1n) is 6.05. The zero-order chi connectivity index (χ0) is 13.2. The van der Waals surface area contributed by atoms with Crippen LogP contribution >= 0.6 is 0 Å². The number of nitrogens with zero attached hydrogens (tertiary/aromatic N) is 1. The summed E-state index contributed by atoms with van der Waals surface area (Å²) in [5, 5.41) is 14.7. The summed E-state index contributed by atoms with van der Waals surface area (Å²) in [5.41, 5.74) is 6.53. The number of oxime groups is 1. The molecule has 1 aromatic carbocycles. The molecule has 1 aliphatic carbocycles. The van der Waals surface area contributed by atoms with Gasteiger partial charge in [0.25, 0.3) is 0 Å². The van der Waals surface area contributed by atoms with Crippen LogP contribution in [0.4, 0.5) is 4.39 Å². The number of amidine groups is 1. The first-order chi connectivity index (χ1) is 8.54. The minimum absolute atomic E-state index is 0.0839. The minimum Gasteiger partial charge on any atom is -0.409 e. The molecule has 1 aromatic rings. The van der Waals surface area contributed by atoms with Gasteiger partial charge in [0.15, 0.2) is 5.84 Å². The van der Waals surface area contributed by atoms with Gasteiger partial charge in [0.1, 0.15) is 5.82 Å². The number of nitrogens with one attached hydrogen (secondary N) is 1. The van der Waals surface area contributed by atoms with Crippen molar-refractivity contribution in [1.82, 2.24) is 5.32 Å². The van der Waals surface area contributed by atoms with Crippen molar-refractivity contribution in [3.05, 3.63) is 35.1 Å². The van der Waals surface area contributed by atoms with Crippen molar-refractivity contribution in [2.75, 3.05) is 0 Å². The highest BCUT2D eigenvalue weighted by Gasteiger charge is 2.30. The molecule has 5 heteroatoms. The molecule has 0 unspecified atom stereocenters. The van der Waals surface area contributed by atoms with Crippen LogP contribution in [-0.2, 0) is 6.54 Å². The molecule has 0 aliphatic heterocycles. The molecular formula is C13H18FN3O. The molecule has 0 radical (unpaired) electrons. The molecule has 1 saturated carbocycles. The second-order valence-corrected chi connectivity index (χ2v) is 5.06. The first kappa shape index (κ1) is 12.8. The number of hydrogen-bond acceptors (Lipinski definition) is 3. The van der Waals surface area contributed by atoms with E-state index in [1.165, 1.54) is 12.5 Å². The van der Waals surface area contributed by atoms with E-state index in [9.17, 15) is 4.39 Å². The molecule has 4 N–H and O–H groups in total. The van der Waals surface area contributed by atoms with Crippen LogP contribution in [-0.4, -0.2) is 16.6 Å². The van der Waals surface area contributed by atoms with Crippen molar-refractivity contribution >= 4 is 5.84 Å². The van der Waals surface area contributed by atoms with E-state index in [1.54, 1.807) is 12.1 Å². The first-order valence-corrected chi connectivity index (χ1v) is 6.05. The highest BCUT2D eigenvalue weighted by Crippen LogP contribution is 2.31. The van der Waals surface area contributed by atoms with Crippen LogP contribution in [0.1, 0.15) is 37.3 Å². The monoisotopic (exact) mass is 251 g/mol. The standard InChI is InChI=1S/C13H18FN3O/c1-13(5-2-6-13)16-8-10-4-3-9(7-11(10)14)12(15)17-18/h3-4,7,16,18H,2,5-6,8H2,1H3,(H2,15,17). The van der Waals surface area contributed by atoms with E-state index in [2.05, 4.69) is 17.4 Å². The largest absolute Gasteiger partial charge is 0.409 e. The molecule has 1 aliphatic rings. The topological polar surface area (TPSA) is 70.6 Å². The third-order valence-electron chi connectivity index (χ3n) is 3.62. The van der Waals surface area contributed by atoms with Gasteiger partial charge in [-0.3, -0.25) is 0 Å². The summed E-state index contributed by atoms with van der Waals surface area (Å²) in [6.45, 7) is 2.65. The number of benzene rings is 1. The smallest absolute Gasteiger partial charge is 0.170 e. The van der Waals surface area contributed by atoms with E-state index in [0.29, 0.717) is 17.7 Å². The Labute approximate surface area is 106 Å². The Hall–Kier alpha value is -1.62. The van der Waals surface area contributed by atoms with Crippen LogP contribution in [0, 0.1) is 5.82 Å². The van der Waals surface area contributed by atoms with Gasteiger partial charge in [0.05, 0.1) is 0 Å². The Balaban J connectivity index is 2.05. The zero-order valence-corrected chi connectivity index (χ0v) is 10.4. The Morgan fingerprint density at radius 1 is 1.56 bits per heavy atom. The molecule has 98 valence electrons. The van der Waals surface area contributed by atoms with Gasteiger partial charge in [0.2, 0.25) is 0 Å². The maximum Gasteiger partial charge on any atom is 0.170 e. The van der Waals surface area contributed by atoms with Crippen LogP contribution in [0.5, 0.6) is 0 Å². The van der Waals surface area contributed by atoms with Gasteiger partial charge in [-0.25, -0.2) is 4.39 Å². The third kappa shape index (κ3) is 2.61. The lowest BCUT2D eigenvalue weighted by Crippen LogP contribution is -2.47. The van der Waals surface area contributed by atoms with Crippen LogP contribution in [0.25, 0.3) is 0 Å². The molecule has 0 spiro atoms. The lowest BCUT2D eigenvalue weighted by Gasteiger charge is -2.39. The summed E-state index contributed by atoms with van der Waals surface area (Å²) < 4.78 is 13.8. The van der Waals surface area contributed by atoms with E-state index in [-0.39, 0.29) is 17.2 Å². The van der Waals surface area contributed by atoms with Gasteiger partial charge in [-0.05, 0) is 32.3 Å². The number of nitrogens with two attached hydrogens (primary N) is 1. The predicted molar refractivity (Wildman–Crippen MR) is 68.0 cm³/mol. The van der Waals surface area contributed by atoms with Gasteiger partial charge in [-0.2, -0.15) is 0 Å². The second kappa shape index (κ2) is 4.94. The van der Waals surface area contributed by atoms with Crippen molar-refractivity contribution < 1.29 is 9.60 Å². The SMILES string of the molecule is CC1(NCc2ccc(/C(N)=N/O)cc2F)CCC1. The summed E-state index contributed by atoms with van der Waals surface area (Å²) in [6, 6.07) is 4.60. The fourth-order valence-corrected chi connectivity index (χ4v) is 2.10. The minimum atomic E-state index is -0.338. The fraction of sp³-hybridized carbons (Fsp3) is 0.462. The summed E-state index contributed by atoms with van der Waals surface area (Å²) >= 11 is 0. The van der Waals surface area contributed by atoms with Crippen LogP contribution in [0.3, 0.4) is 0 Å². The highest BCUT2D eigenvalue weighted by atomic mass is 19.1. The summed E-state index contributed by atoms with van der Waals surface area (Å²) in [6.07, 6.45) is 3.50. The van der Waals surface area contributed by atoms with Crippen molar-refractivity contribution in [1.29, 1.82) is 0 Å². The second-order valence-electron chi connectivity index (χ2n) is 5.06. The van der Waals surface area contributed by atoms with Crippen molar-refractivity contribution in [2.45, 2.75) is 38.3 Å². The lowest BCUT2D eigenvalue weighted by molar-refractivity contribution is 0.206. The van der Waals surface area contributed by atoms with Crippen LogP contribution in [0.2, 0.25) is 0 Å². The van der Waals surface area contributed by atoms with Crippen molar-refractivity contribution in [2.24, 2.45) is 10.9 Å². The van der Waals surface area contributed by atoms with Gasteiger partial charge in [-0.15, -0.1) is 0 Å². The van der Waals surface area contributed by atoms with Crippen LogP contribution in [0.15, 0.2) is 23.4 Å². The maximum atomic E-state index is 13.8. The Bertz CT molecular complexity index is 469. The van der Waals surface area contributed by atoms with Crippen LogP contribution < -0.4 is 11.1 Å². The van der Waals surface area contributed by atoms with E-state index in [1.807, 2.05) is 0 Å². The molecule has 0 aromatic heterocycles. The Morgan fingerprint density at radius 2 is 2.28 bits per heavy atom. The normalized spacial score (nSPS) is 18.4. The summed E-state index contributed by atoms with van der Waals surface area (Å²) in [7, 11) is 0. The molecule has 0 amide bonds. The number of rotatable bonds is 4. The number of halogens is 1. The van der Waals surface area contributed by atoms with Gasteiger partial charge < -0.3 is 16.3 Å². The molecule has 0 heterocycles. The summed E-state index contributed by atoms with van der Waals surface area (Å²) in [4.78, 5) is 0. The Morgan fingerprint density at radius 3 is 2.78 bits per heavy atom. The van der Waals surface area contributed by atoms with E-state index in [0.717, 1.165) is 12.8 Å². The molecule has 18 heavy (non-hydrogen) atoms. The van der Waals surface area contributed by atoms with Crippen molar-refractivity contribution in [3.8, 4) is 0 Å². The third-order valence-corrected chi connectivity index (χ3v) is 3.62.